The number of ketones is 2. The van der Waals surface area contributed by atoms with Crippen molar-refractivity contribution in [2.24, 2.45) is 11.8 Å². The van der Waals surface area contributed by atoms with Crippen molar-refractivity contribution in [1.82, 2.24) is 0 Å². The Bertz CT molecular complexity index is 280. The van der Waals surface area contributed by atoms with Crippen LogP contribution in [-0.4, -0.2) is 11.6 Å². The molecule has 2 unspecified atom stereocenters. The van der Waals surface area contributed by atoms with E-state index < -0.39 is 0 Å². The largest absolute Gasteiger partial charge is 0.299 e. The van der Waals surface area contributed by atoms with E-state index in [-0.39, 0.29) is 29.8 Å². The van der Waals surface area contributed by atoms with E-state index in [0.717, 1.165) is 6.42 Å². The van der Waals surface area contributed by atoms with Gasteiger partial charge in [0, 0.05) is 24.7 Å². The van der Waals surface area contributed by atoms with Crippen LogP contribution in [0.4, 0.5) is 0 Å². The Hall–Kier alpha value is -1.10. The molecule has 1 rings (SSSR count). The molecule has 0 N–H and O–H groups in total. The molecular weight excluding hydrogens is 164 g/mol. The summed E-state index contributed by atoms with van der Waals surface area (Å²) in [4.78, 5) is 22.5. The standard InChI is InChI=1S/C11H14O2/c1-3-4-5-6-9-8(2)10(12)7-11(9)13/h8-9H,3,6-7H2,1-2H3. The predicted molar refractivity (Wildman–Crippen MR) is 50.0 cm³/mol. The number of hydrogen-bond donors (Lipinski definition) is 0. The number of hydrogen-bond acceptors (Lipinski definition) is 2. The van der Waals surface area contributed by atoms with Crippen molar-refractivity contribution in [2.45, 2.75) is 33.1 Å². The van der Waals surface area contributed by atoms with Crippen LogP contribution < -0.4 is 0 Å². The minimum Gasteiger partial charge on any atom is -0.299 e. The Morgan fingerprint density at radius 2 is 2.00 bits per heavy atom. The molecule has 0 saturated heterocycles. The molecule has 1 aliphatic carbocycles. The van der Waals surface area contributed by atoms with E-state index in [1.54, 1.807) is 0 Å². The lowest BCUT2D eigenvalue weighted by molar-refractivity contribution is -0.122. The monoisotopic (exact) mass is 178 g/mol. The van der Waals surface area contributed by atoms with Gasteiger partial charge in [0.2, 0.25) is 0 Å². The second-order valence-electron chi connectivity index (χ2n) is 3.42. The maximum Gasteiger partial charge on any atom is 0.144 e. The molecule has 0 spiro atoms. The van der Waals surface area contributed by atoms with Crippen LogP contribution in [0.5, 0.6) is 0 Å². The Morgan fingerprint density at radius 3 is 2.46 bits per heavy atom. The second-order valence-corrected chi connectivity index (χ2v) is 3.42. The van der Waals surface area contributed by atoms with Crippen LogP contribution in [0.25, 0.3) is 0 Å². The predicted octanol–water partition coefficient (Wildman–Crippen LogP) is 1.58. The molecule has 1 fully saturated rings. The zero-order valence-corrected chi connectivity index (χ0v) is 8.09. The van der Waals surface area contributed by atoms with Gasteiger partial charge in [0.15, 0.2) is 0 Å². The first-order valence-corrected chi connectivity index (χ1v) is 4.68. The Labute approximate surface area is 78.7 Å². The van der Waals surface area contributed by atoms with Crippen LogP contribution in [0, 0.1) is 23.7 Å². The fraction of sp³-hybridized carbons (Fsp3) is 0.636. The van der Waals surface area contributed by atoms with Crippen molar-refractivity contribution >= 4 is 11.6 Å². The molecular formula is C11H14O2. The fourth-order valence-corrected chi connectivity index (χ4v) is 1.56. The van der Waals surface area contributed by atoms with Crippen LogP contribution in [0.1, 0.15) is 33.1 Å². The van der Waals surface area contributed by atoms with Gasteiger partial charge < -0.3 is 0 Å². The molecule has 0 bridgehead atoms. The highest BCUT2D eigenvalue weighted by molar-refractivity contribution is 6.08. The summed E-state index contributed by atoms with van der Waals surface area (Å²) in [5.74, 6) is 5.76. The van der Waals surface area contributed by atoms with Crippen LogP contribution >= 0.6 is 0 Å². The SMILES string of the molecule is CCC#CCC1C(=O)CC(=O)C1C. The van der Waals surface area contributed by atoms with Crippen LogP contribution in [0.15, 0.2) is 0 Å². The summed E-state index contributed by atoms with van der Waals surface area (Å²) in [6.45, 7) is 3.80. The molecule has 0 aromatic carbocycles. The van der Waals surface area contributed by atoms with Gasteiger partial charge >= 0.3 is 0 Å². The third-order valence-corrected chi connectivity index (χ3v) is 2.50. The Balaban J connectivity index is 2.59. The normalized spacial score (nSPS) is 27.2. The summed E-state index contributed by atoms with van der Waals surface area (Å²) in [6, 6.07) is 0. The summed E-state index contributed by atoms with van der Waals surface area (Å²) in [5.41, 5.74) is 0. The van der Waals surface area contributed by atoms with Gasteiger partial charge in [-0.1, -0.05) is 13.8 Å². The lowest BCUT2D eigenvalue weighted by Crippen LogP contribution is -2.13. The zero-order chi connectivity index (χ0) is 9.84. The van der Waals surface area contributed by atoms with Crippen LogP contribution in [0.3, 0.4) is 0 Å². The average molecular weight is 178 g/mol. The molecule has 1 aliphatic rings. The third kappa shape index (κ3) is 2.18. The first-order chi connectivity index (χ1) is 6.16. The topological polar surface area (TPSA) is 34.1 Å². The van der Waals surface area contributed by atoms with Crippen LogP contribution in [-0.2, 0) is 9.59 Å². The van der Waals surface area contributed by atoms with Crippen molar-refractivity contribution < 1.29 is 9.59 Å². The lowest BCUT2D eigenvalue weighted by atomic mass is 9.94. The quantitative estimate of drug-likeness (QED) is 0.451. The highest BCUT2D eigenvalue weighted by Gasteiger charge is 2.37. The van der Waals surface area contributed by atoms with Crippen LogP contribution in [0.2, 0.25) is 0 Å². The van der Waals surface area contributed by atoms with E-state index in [1.165, 1.54) is 0 Å². The third-order valence-electron chi connectivity index (χ3n) is 2.50. The molecule has 13 heavy (non-hydrogen) atoms. The van der Waals surface area contributed by atoms with E-state index in [2.05, 4.69) is 11.8 Å². The molecule has 0 heterocycles. The summed E-state index contributed by atoms with van der Waals surface area (Å²) in [6.07, 6.45) is 1.49. The fourth-order valence-electron chi connectivity index (χ4n) is 1.56. The minimum atomic E-state index is -0.133. The van der Waals surface area contributed by atoms with E-state index in [1.807, 2.05) is 13.8 Å². The smallest absolute Gasteiger partial charge is 0.144 e. The molecule has 70 valence electrons. The number of Topliss-reactive ketones (excluding diaryl/α,β-unsaturated/α-hetero) is 2. The molecule has 2 nitrogen and oxygen atoms in total. The average Bonchev–Trinajstić information content (AvgIpc) is 2.32. The second kappa shape index (κ2) is 4.23. The van der Waals surface area contributed by atoms with Crippen molar-refractivity contribution in [3.05, 3.63) is 0 Å². The van der Waals surface area contributed by atoms with E-state index >= 15 is 0 Å². The molecule has 0 aromatic rings. The van der Waals surface area contributed by atoms with Crippen molar-refractivity contribution in [2.75, 3.05) is 0 Å². The molecule has 0 radical (unpaired) electrons. The van der Waals surface area contributed by atoms with Gasteiger partial charge in [0.1, 0.15) is 11.6 Å². The minimum absolute atomic E-state index is 0.0721. The van der Waals surface area contributed by atoms with Crippen molar-refractivity contribution in [3.63, 3.8) is 0 Å². The molecule has 0 aromatic heterocycles. The lowest BCUT2D eigenvalue weighted by Gasteiger charge is -2.07. The van der Waals surface area contributed by atoms with Crippen molar-refractivity contribution in [1.29, 1.82) is 0 Å². The highest BCUT2D eigenvalue weighted by Crippen LogP contribution is 2.27. The highest BCUT2D eigenvalue weighted by atomic mass is 16.2. The summed E-state index contributed by atoms with van der Waals surface area (Å²) >= 11 is 0. The molecule has 2 atom stereocenters. The first kappa shape index (κ1) is 9.98. The van der Waals surface area contributed by atoms with Gasteiger partial charge in [-0.2, -0.15) is 0 Å². The zero-order valence-electron chi connectivity index (χ0n) is 8.09. The van der Waals surface area contributed by atoms with Gasteiger partial charge in [-0.3, -0.25) is 9.59 Å². The first-order valence-electron chi connectivity index (χ1n) is 4.68. The Kier molecular flexibility index (Phi) is 3.25. The van der Waals surface area contributed by atoms with Gasteiger partial charge in [0.05, 0.1) is 6.42 Å². The number of carbonyl (C=O) groups is 2. The van der Waals surface area contributed by atoms with E-state index in [4.69, 9.17) is 0 Å². The summed E-state index contributed by atoms with van der Waals surface area (Å²) < 4.78 is 0. The van der Waals surface area contributed by atoms with E-state index in [0.29, 0.717) is 6.42 Å². The summed E-state index contributed by atoms with van der Waals surface area (Å²) in [7, 11) is 0. The van der Waals surface area contributed by atoms with Gasteiger partial charge in [-0.25, -0.2) is 0 Å². The summed E-state index contributed by atoms with van der Waals surface area (Å²) in [5, 5.41) is 0. The maximum atomic E-state index is 11.3. The van der Waals surface area contributed by atoms with Gasteiger partial charge in [0.25, 0.3) is 0 Å². The van der Waals surface area contributed by atoms with Gasteiger partial charge in [-0.15, -0.1) is 11.8 Å². The number of rotatable bonds is 1. The Morgan fingerprint density at radius 1 is 1.31 bits per heavy atom. The maximum absolute atomic E-state index is 11.3. The molecule has 0 amide bonds. The number of carbonyl (C=O) groups excluding carboxylic acids is 2. The van der Waals surface area contributed by atoms with E-state index in [9.17, 15) is 9.59 Å². The van der Waals surface area contributed by atoms with Gasteiger partial charge in [-0.05, 0) is 0 Å². The molecule has 2 heteroatoms. The van der Waals surface area contributed by atoms with Crippen molar-refractivity contribution in [3.8, 4) is 11.8 Å². The molecule has 0 aliphatic heterocycles. The molecule has 1 saturated carbocycles.